The summed E-state index contributed by atoms with van der Waals surface area (Å²) in [7, 11) is 1.63. The number of rotatable bonds is 4. The first-order valence-corrected chi connectivity index (χ1v) is 9.62. The van der Waals surface area contributed by atoms with Crippen molar-refractivity contribution in [3.63, 3.8) is 0 Å². The predicted molar refractivity (Wildman–Crippen MR) is 102 cm³/mol. The van der Waals surface area contributed by atoms with E-state index in [1.807, 2.05) is 17.9 Å². The van der Waals surface area contributed by atoms with Crippen molar-refractivity contribution in [3.05, 3.63) is 33.2 Å². The molecule has 7 nitrogen and oxygen atoms in total. The first kappa shape index (κ1) is 19.6. The van der Waals surface area contributed by atoms with Crippen LogP contribution in [0.3, 0.4) is 0 Å². The van der Waals surface area contributed by atoms with Gasteiger partial charge >= 0.3 is 0 Å². The van der Waals surface area contributed by atoms with Crippen molar-refractivity contribution in [2.75, 3.05) is 39.9 Å². The van der Waals surface area contributed by atoms with E-state index in [2.05, 4.69) is 4.98 Å². The lowest BCUT2D eigenvalue weighted by Crippen LogP contribution is -2.55. The number of hydrogen-bond donors (Lipinski definition) is 1. The Balaban J connectivity index is 1.79. The fraction of sp³-hybridized carbons (Fsp3) is 0.650. The van der Waals surface area contributed by atoms with E-state index in [0.29, 0.717) is 44.8 Å². The molecular weight excluding hydrogens is 346 g/mol. The molecular formula is C20H29N3O4. The second kappa shape index (κ2) is 7.84. The van der Waals surface area contributed by atoms with Crippen LogP contribution >= 0.6 is 0 Å². The molecule has 0 aromatic carbocycles. The van der Waals surface area contributed by atoms with Crippen LogP contribution in [0.1, 0.15) is 47.3 Å². The zero-order chi connectivity index (χ0) is 19.6. The first-order chi connectivity index (χ1) is 12.8. The largest absolute Gasteiger partial charge is 0.383 e. The molecule has 0 radical (unpaired) electrons. The van der Waals surface area contributed by atoms with Crippen molar-refractivity contribution in [2.24, 2.45) is 5.41 Å². The predicted octanol–water partition coefficient (Wildman–Crippen LogP) is 1.48. The Morgan fingerprint density at radius 2 is 2.04 bits per heavy atom. The standard InChI is InChI=1S/C20H29N3O4/c1-14-11-15(2)21-18(25)17(14)19(26)23-8-4-6-20(13-23)7-5-16(24)22(12-20)9-10-27-3/h11H,4-10,12-13H2,1-3H3,(H,21,25). The van der Waals surface area contributed by atoms with E-state index in [9.17, 15) is 14.4 Å². The van der Waals surface area contributed by atoms with E-state index >= 15 is 0 Å². The Bertz CT molecular complexity index is 788. The summed E-state index contributed by atoms with van der Waals surface area (Å²) in [6.07, 6.45) is 3.19. The van der Waals surface area contributed by atoms with Crippen LogP contribution in [0.4, 0.5) is 0 Å². The highest BCUT2D eigenvalue weighted by atomic mass is 16.5. The van der Waals surface area contributed by atoms with Crippen LogP contribution in [0.25, 0.3) is 0 Å². The number of amides is 2. The second-order valence-electron chi connectivity index (χ2n) is 7.98. The van der Waals surface area contributed by atoms with Crippen molar-refractivity contribution in [3.8, 4) is 0 Å². The molecule has 1 N–H and O–H groups in total. The molecule has 3 rings (SSSR count). The minimum atomic E-state index is -0.322. The first-order valence-electron chi connectivity index (χ1n) is 9.62. The van der Waals surface area contributed by atoms with Gasteiger partial charge in [0.2, 0.25) is 5.91 Å². The molecule has 2 aliphatic heterocycles. The normalized spacial score (nSPS) is 23.1. The molecule has 2 amide bonds. The maximum atomic E-state index is 13.1. The summed E-state index contributed by atoms with van der Waals surface area (Å²) in [4.78, 5) is 44.1. The molecule has 1 atom stereocenters. The summed E-state index contributed by atoms with van der Waals surface area (Å²) in [6.45, 7) is 6.62. The second-order valence-corrected chi connectivity index (χ2v) is 7.98. The highest BCUT2D eigenvalue weighted by Gasteiger charge is 2.43. The number of aromatic amines is 1. The molecule has 2 aliphatic rings. The van der Waals surface area contributed by atoms with Gasteiger partial charge in [-0.15, -0.1) is 0 Å². The number of H-pyrrole nitrogens is 1. The minimum Gasteiger partial charge on any atom is -0.383 e. The molecule has 2 fully saturated rings. The van der Waals surface area contributed by atoms with E-state index in [0.717, 1.165) is 25.0 Å². The van der Waals surface area contributed by atoms with Gasteiger partial charge < -0.3 is 19.5 Å². The van der Waals surface area contributed by atoms with Gasteiger partial charge in [0.1, 0.15) is 5.56 Å². The van der Waals surface area contributed by atoms with Crippen LogP contribution in [0.15, 0.2) is 10.9 Å². The summed E-state index contributed by atoms with van der Waals surface area (Å²) >= 11 is 0. The number of carbonyl (C=O) groups excluding carboxylic acids is 2. The van der Waals surface area contributed by atoms with Gasteiger partial charge in [0.05, 0.1) is 6.61 Å². The Morgan fingerprint density at radius 3 is 2.74 bits per heavy atom. The number of aryl methyl sites for hydroxylation is 2. The quantitative estimate of drug-likeness (QED) is 0.864. The van der Waals surface area contributed by atoms with Crippen molar-refractivity contribution in [2.45, 2.75) is 39.5 Å². The highest BCUT2D eigenvalue weighted by molar-refractivity contribution is 5.95. The van der Waals surface area contributed by atoms with Crippen LogP contribution < -0.4 is 5.56 Å². The average Bonchev–Trinajstić information content (AvgIpc) is 2.62. The number of methoxy groups -OCH3 is 1. The fourth-order valence-electron chi connectivity index (χ4n) is 4.50. The van der Waals surface area contributed by atoms with E-state index in [1.54, 1.807) is 18.9 Å². The zero-order valence-electron chi connectivity index (χ0n) is 16.5. The van der Waals surface area contributed by atoms with Gasteiger partial charge in [-0.05, 0) is 44.7 Å². The third-order valence-corrected chi connectivity index (χ3v) is 5.84. The maximum absolute atomic E-state index is 13.1. The Kier molecular flexibility index (Phi) is 5.69. The SMILES string of the molecule is COCCN1CC2(CCCN(C(=O)c3c(C)cc(C)[nH]c3=O)C2)CCC1=O. The molecule has 1 unspecified atom stereocenters. The van der Waals surface area contributed by atoms with Crippen LogP contribution in [-0.4, -0.2) is 66.5 Å². The van der Waals surface area contributed by atoms with Crippen LogP contribution in [0.2, 0.25) is 0 Å². The molecule has 3 heterocycles. The fourth-order valence-corrected chi connectivity index (χ4v) is 4.50. The van der Waals surface area contributed by atoms with E-state index in [-0.39, 0.29) is 28.4 Å². The maximum Gasteiger partial charge on any atom is 0.261 e. The van der Waals surface area contributed by atoms with Crippen LogP contribution in [-0.2, 0) is 9.53 Å². The molecule has 27 heavy (non-hydrogen) atoms. The monoisotopic (exact) mass is 375 g/mol. The lowest BCUT2D eigenvalue weighted by molar-refractivity contribution is -0.139. The van der Waals surface area contributed by atoms with Gasteiger partial charge in [-0.25, -0.2) is 0 Å². The number of hydrogen-bond acceptors (Lipinski definition) is 4. The van der Waals surface area contributed by atoms with Crippen LogP contribution in [0, 0.1) is 19.3 Å². The number of aromatic nitrogens is 1. The molecule has 148 valence electrons. The van der Waals surface area contributed by atoms with Gasteiger partial charge in [-0.2, -0.15) is 0 Å². The summed E-state index contributed by atoms with van der Waals surface area (Å²) in [6, 6.07) is 1.83. The zero-order valence-corrected chi connectivity index (χ0v) is 16.5. The van der Waals surface area contributed by atoms with Crippen molar-refractivity contribution in [1.29, 1.82) is 0 Å². The van der Waals surface area contributed by atoms with Gasteiger partial charge in [0.25, 0.3) is 11.5 Å². The Hall–Kier alpha value is -2.15. The van der Waals surface area contributed by atoms with E-state index < -0.39 is 0 Å². The number of likely N-dealkylation sites (tertiary alicyclic amines) is 2. The molecule has 0 bridgehead atoms. The van der Waals surface area contributed by atoms with Gasteiger partial charge in [0.15, 0.2) is 0 Å². The van der Waals surface area contributed by atoms with Crippen molar-refractivity contribution in [1.82, 2.24) is 14.8 Å². The number of carbonyl (C=O) groups is 2. The van der Waals surface area contributed by atoms with Gasteiger partial charge in [0, 0.05) is 50.8 Å². The smallest absolute Gasteiger partial charge is 0.261 e. The highest BCUT2D eigenvalue weighted by Crippen LogP contribution is 2.39. The third kappa shape index (κ3) is 4.08. The van der Waals surface area contributed by atoms with Gasteiger partial charge in [-0.1, -0.05) is 0 Å². The summed E-state index contributed by atoms with van der Waals surface area (Å²) < 4.78 is 5.13. The lowest BCUT2D eigenvalue weighted by atomic mass is 9.73. The summed E-state index contributed by atoms with van der Waals surface area (Å²) in [5.41, 5.74) is 1.30. The van der Waals surface area contributed by atoms with Crippen molar-refractivity contribution >= 4 is 11.8 Å². The molecule has 0 aliphatic carbocycles. The molecule has 2 saturated heterocycles. The summed E-state index contributed by atoms with van der Waals surface area (Å²) in [5.74, 6) is -0.0416. The number of nitrogens with zero attached hydrogens (tertiary/aromatic N) is 2. The number of piperidine rings is 2. The topological polar surface area (TPSA) is 82.7 Å². The van der Waals surface area contributed by atoms with Gasteiger partial charge in [-0.3, -0.25) is 14.4 Å². The lowest BCUT2D eigenvalue weighted by Gasteiger charge is -2.48. The van der Waals surface area contributed by atoms with Crippen molar-refractivity contribution < 1.29 is 14.3 Å². The molecule has 7 heteroatoms. The number of nitrogens with one attached hydrogen (secondary N) is 1. The summed E-state index contributed by atoms with van der Waals surface area (Å²) in [5, 5.41) is 0. The molecule has 1 aromatic rings. The van der Waals surface area contributed by atoms with E-state index in [1.165, 1.54) is 0 Å². The van der Waals surface area contributed by atoms with E-state index in [4.69, 9.17) is 4.74 Å². The Morgan fingerprint density at radius 1 is 1.26 bits per heavy atom. The number of pyridine rings is 1. The third-order valence-electron chi connectivity index (χ3n) is 5.84. The Labute approximate surface area is 159 Å². The molecule has 0 saturated carbocycles. The molecule has 1 spiro atoms. The molecule has 1 aromatic heterocycles. The minimum absolute atomic E-state index is 0.0824. The number of ether oxygens (including phenoxy) is 1. The average molecular weight is 375 g/mol. The van der Waals surface area contributed by atoms with Crippen LogP contribution in [0.5, 0.6) is 0 Å².